The molecule has 1 aliphatic rings. The Morgan fingerprint density at radius 1 is 1.19 bits per heavy atom. The van der Waals surface area contributed by atoms with Crippen molar-refractivity contribution in [1.29, 1.82) is 0 Å². The predicted octanol–water partition coefficient (Wildman–Crippen LogP) is 2.75. The van der Waals surface area contributed by atoms with Gasteiger partial charge in [-0.1, -0.05) is 12.1 Å². The van der Waals surface area contributed by atoms with E-state index in [0.29, 0.717) is 17.4 Å². The van der Waals surface area contributed by atoms with Gasteiger partial charge in [0, 0.05) is 11.6 Å². The summed E-state index contributed by atoms with van der Waals surface area (Å²) in [4.78, 5) is 27.5. The van der Waals surface area contributed by atoms with Crippen molar-refractivity contribution in [3.05, 3.63) is 53.9 Å². The van der Waals surface area contributed by atoms with Gasteiger partial charge in [0.15, 0.2) is 18.1 Å². The third-order valence-electron chi connectivity index (χ3n) is 4.29. The molecule has 1 fully saturated rings. The topological polar surface area (TPSA) is 107 Å². The predicted molar refractivity (Wildman–Crippen MR) is 99.4 cm³/mol. The van der Waals surface area contributed by atoms with Gasteiger partial charge in [-0.25, -0.2) is 4.98 Å². The molecule has 1 aromatic heterocycles. The van der Waals surface area contributed by atoms with Crippen molar-refractivity contribution in [2.45, 2.75) is 25.2 Å². The Balaban J connectivity index is 1.33. The quantitative estimate of drug-likeness (QED) is 0.669. The van der Waals surface area contributed by atoms with Crippen molar-refractivity contribution in [3.63, 3.8) is 0 Å². The molecule has 3 N–H and O–H groups in total. The summed E-state index contributed by atoms with van der Waals surface area (Å²) in [6.07, 6.45) is 2.42. The van der Waals surface area contributed by atoms with Crippen molar-refractivity contribution in [1.82, 2.24) is 4.98 Å². The molecule has 0 radical (unpaired) electrons. The summed E-state index contributed by atoms with van der Waals surface area (Å²) >= 11 is 0. The second kappa shape index (κ2) is 7.11. The molecule has 4 rings (SSSR count). The number of hydrogen-bond acceptors (Lipinski definition) is 5. The minimum Gasteiger partial charge on any atom is -0.484 e. The van der Waals surface area contributed by atoms with Crippen molar-refractivity contribution >= 4 is 28.6 Å². The molecule has 27 heavy (non-hydrogen) atoms. The molecule has 1 aliphatic carbocycles. The lowest BCUT2D eigenvalue weighted by Gasteiger charge is -2.08. The van der Waals surface area contributed by atoms with Crippen LogP contribution in [-0.2, 0) is 16.0 Å². The van der Waals surface area contributed by atoms with E-state index >= 15 is 0 Å². The number of hydrogen-bond donors (Lipinski definition) is 2. The number of carbonyl (C=O) groups excluding carboxylic acids is 2. The summed E-state index contributed by atoms with van der Waals surface area (Å²) in [6.45, 7) is -0.126. The van der Waals surface area contributed by atoms with Crippen LogP contribution in [0.3, 0.4) is 0 Å². The van der Waals surface area contributed by atoms with E-state index in [4.69, 9.17) is 14.9 Å². The Morgan fingerprint density at radius 3 is 2.67 bits per heavy atom. The molecule has 2 aromatic carbocycles. The molecule has 1 saturated carbocycles. The van der Waals surface area contributed by atoms with Crippen molar-refractivity contribution in [2.75, 3.05) is 11.9 Å². The smallest absolute Gasteiger partial charge is 0.262 e. The van der Waals surface area contributed by atoms with Gasteiger partial charge in [0.05, 0.1) is 6.42 Å². The number of anilines is 1. The molecule has 0 bridgehead atoms. The normalized spacial score (nSPS) is 13.5. The number of nitrogens with zero attached hydrogens (tertiary/aromatic N) is 1. The average molecular weight is 365 g/mol. The number of amides is 2. The Morgan fingerprint density at radius 2 is 1.96 bits per heavy atom. The number of fused-ring (bicyclic) bond motifs is 1. The molecule has 0 aliphatic heterocycles. The van der Waals surface area contributed by atoms with Crippen molar-refractivity contribution in [3.8, 4) is 5.75 Å². The molecule has 0 atom stereocenters. The van der Waals surface area contributed by atoms with Crippen LogP contribution in [-0.4, -0.2) is 23.4 Å². The number of primary amides is 1. The van der Waals surface area contributed by atoms with Crippen molar-refractivity contribution < 1.29 is 18.7 Å². The van der Waals surface area contributed by atoms with E-state index < -0.39 is 5.91 Å². The van der Waals surface area contributed by atoms with E-state index in [0.717, 1.165) is 35.4 Å². The van der Waals surface area contributed by atoms with Crippen LogP contribution in [0.5, 0.6) is 5.75 Å². The molecule has 1 heterocycles. The Bertz CT molecular complexity index is 990. The zero-order valence-electron chi connectivity index (χ0n) is 14.6. The van der Waals surface area contributed by atoms with Gasteiger partial charge < -0.3 is 20.2 Å². The highest BCUT2D eigenvalue weighted by Gasteiger charge is 2.28. The number of rotatable bonds is 7. The van der Waals surface area contributed by atoms with Crippen LogP contribution < -0.4 is 15.8 Å². The van der Waals surface area contributed by atoms with Crippen LogP contribution in [0.15, 0.2) is 46.9 Å². The molecule has 7 nitrogen and oxygen atoms in total. The minimum absolute atomic E-state index is 0.126. The van der Waals surface area contributed by atoms with E-state index in [2.05, 4.69) is 10.3 Å². The van der Waals surface area contributed by atoms with E-state index in [1.54, 1.807) is 36.4 Å². The van der Waals surface area contributed by atoms with Gasteiger partial charge >= 0.3 is 0 Å². The van der Waals surface area contributed by atoms with Gasteiger partial charge in [0.1, 0.15) is 11.3 Å². The first-order chi connectivity index (χ1) is 13.1. The molecule has 2 amide bonds. The zero-order valence-corrected chi connectivity index (χ0v) is 14.6. The summed E-state index contributed by atoms with van der Waals surface area (Å²) in [5, 5.41) is 2.79. The number of nitrogens with two attached hydrogens (primary N) is 1. The van der Waals surface area contributed by atoms with Crippen LogP contribution in [0, 0.1) is 0 Å². The molecule has 138 valence electrons. The summed E-state index contributed by atoms with van der Waals surface area (Å²) in [6, 6.07) is 12.3. The molecular weight excluding hydrogens is 346 g/mol. The number of oxazole rings is 1. The lowest BCUT2D eigenvalue weighted by atomic mass is 10.1. The fourth-order valence-corrected chi connectivity index (χ4v) is 2.78. The number of carbonyl (C=O) groups is 2. The highest BCUT2D eigenvalue weighted by molar-refractivity contribution is 5.93. The molecule has 7 heteroatoms. The van der Waals surface area contributed by atoms with E-state index in [1.807, 2.05) is 6.07 Å². The van der Waals surface area contributed by atoms with Crippen LogP contribution in [0.4, 0.5) is 5.69 Å². The fourth-order valence-electron chi connectivity index (χ4n) is 2.78. The maximum atomic E-state index is 12.1. The SMILES string of the molecule is NC(=O)Cc1ccc(OCC(=O)Nc2ccc3oc(C4CC4)nc3c2)cc1. The summed E-state index contributed by atoms with van der Waals surface area (Å²) < 4.78 is 11.2. The first kappa shape index (κ1) is 17.1. The molecular formula is C20H19N3O4. The van der Waals surface area contributed by atoms with Gasteiger partial charge in [-0.15, -0.1) is 0 Å². The third-order valence-corrected chi connectivity index (χ3v) is 4.29. The first-order valence-corrected chi connectivity index (χ1v) is 8.77. The maximum Gasteiger partial charge on any atom is 0.262 e. The van der Waals surface area contributed by atoms with Crippen LogP contribution >= 0.6 is 0 Å². The summed E-state index contributed by atoms with van der Waals surface area (Å²) in [5.74, 6) is 1.09. The molecule has 3 aromatic rings. The maximum absolute atomic E-state index is 12.1. The van der Waals surface area contributed by atoms with Crippen LogP contribution in [0.1, 0.15) is 30.2 Å². The van der Waals surface area contributed by atoms with Crippen molar-refractivity contribution in [2.24, 2.45) is 5.73 Å². The van der Waals surface area contributed by atoms with E-state index in [1.165, 1.54) is 0 Å². The van der Waals surface area contributed by atoms with Crippen LogP contribution in [0.2, 0.25) is 0 Å². The lowest BCUT2D eigenvalue weighted by Crippen LogP contribution is -2.20. The van der Waals surface area contributed by atoms with Gasteiger partial charge in [0.25, 0.3) is 5.91 Å². The van der Waals surface area contributed by atoms with Gasteiger partial charge in [-0.05, 0) is 48.7 Å². The molecule has 0 spiro atoms. The number of nitrogens with one attached hydrogen (secondary N) is 1. The second-order valence-corrected chi connectivity index (χ2v) is 6.63. The number of aromatic nitrogens is 1. The lowest BCUT2D eigenvalue weighted by molar-refractivity contribution is -0.118. The zero-order chi connectivity index (χ0) is 18.8. The number of benzene rings is 2. The van der Waals surface area contributed by atoms with E-state index in [-0.39, 0.29) is 18.9 Å². The van der Waals surface area contributed by atoms with Gasteiger partial charge in [0.2, 0.25) is 5.91 Å². The van der Waals surface area contributed by atoms with Gasteiger partial charge in [-0.2, -0.15) is 0 Å². The van der Waals surface area contributed by atoms with Gasteiger partial charge in [-0.3, -0.25) is 9.59 Å². The van der Waals surface area contributed by atoms with E-state index in [9.17, 15) is 9.59 Å². The van der Waals surface area contributed by atoms with Crippen LogP contribution in [0.25, 0.3) is 11.1 Å². The Kier molecular flexibility index (Phi) is 4.50. The standard InChI is InChI=1S/C20H19N3O4/c21-18(24)9-12-1-6-15(7-2-12)26-11-19(25)22-14-5-8-17-16(10-14)23-20(27-17)13-3-4-13/h1-2,5-8,10,13H,3-4,9,11H2,(H2,21,24)(H,22,25). The second-order valence-electron chi connectivity index (χ2n) is 6.63. The Labute approximate surface area is 155 Å². The largest absolute Gasteiger partial charge is 0.484 e. The number of ether oxygens (including phenoxy) is 1. The molecule has 0 unspecified atom stereocenters. The monoisotopic (exact) mass is 365 g/mol. The highest BCUT2D eigenvalue weighted by Crippen LogP contribution is 2.40. The highest BCUT2D eigenvalue weighted by atomic mass is 16.5. The minimum atomic E-state index is -0.392. The summed E-state index contributed by atoms with van der Waals surface area (Å²) in [7, 11) is 0. The Hall–Kier alpha value is -3.35. The third kappa shape index (κ3) is 4.25. The molecule has 0 saturated heterocycles. The summed E-state index contributed by atoms with van der Waals surface area (Å²) in [5.41, 5.74) is 8.05. The fraction of sp³-hybridized carbons (Fsp3) is 0.250. The first-order valence-electron chi connectivity index (χ1n) is 8.77. The average Bonchev–Trinajstić information content (AvgIpc) is 3.40.